The molecule has 1 aromatic heterocycles. The normalized spacial score (nSPS) is 11.4. The van der Waals surface area contributed by atoms with Crippen LogP contribution in [0.3, 0.4) is 0 Å². The molecule has 0 spiro atoms. The van der Waals surface area contributed by atoms with E-state index in [4.69, 9.17) is 0 Å². The lowest BCUT2D eigenvalue weighted by Gasteiger charge is -2.23. The molecule has 0 unspecified atom stereocenters. The van der Waals surface area contributed by atoms with Crippen LogP contribution in [0.2, 0.25) is 0 Å². The summed E-state index contributed by atoms with van der Waals surface area (Å²) >= 11 is 0. The molecule has 2 aromatic carbocycles. The summed E-state index contributed by atoms with van der Waals surface area (Å²) in [6, 6.07) is 16.6. The Hall–Kier alpha value is -2.93. The first-order chi connectivity index (χ1) is 13.4. The van der Waals surface area contributed by atoms with Gasteiger partial charge in [-0.2, -0.15) is 0 Å². The number of nitrogens with zero attached hydrogens (tertiary/aromatic N) is 2. The summed E-state index contributed by atoms with van der Waals surface area (Å²) in [5.74, 6) is -0.234. The number of aryl methyl sites for hydroxylation is 1. The third kappa shape index (κ3) is 4.48. The molecule has 28 heavy (non-hydrogen) atoms. The number of carbonyl (C=O) groups excluding carboxylic acids is 1. The molecule has 146 valence electrons. The van der Waals surface area contributed by atoms with Crippen LogP contribution in [0.4, 0.5) is 11.4 Å². The second kappa shape index (κ2) is 8.39. The number of carbonyl (C=O) groups is 1. The molecular formula is C21H23N3O3S. The highest BCUT2D eigenvalue weighted by atomic mass is 32.2. The minimum atomic E-state index is -3.58. The van der Waals surface area contributed by atoms with E-state index in [1.54, 1.807) is 24.4 Å². The fraction of sp³-hybridized carbons (Fsp3) is 0.238. The first-order valence-electron chi connectivity index (χ1n) is 9.09. The van der Waals surface area contributed by atoms with Gasteiger partial charge in [-0.15, -0.1) is 0 Å². The van der Waals surface area contributed by atoms with Gasteiger partial charge in [0.1, 0.15) is 0 Å². The molecule has 0 bridgehead atoms. The van der Waals surface area contributed by atoms with Crippen LogP contribution in [0, 0.1) is 0 Å². The SMILES string of the molecule is CCc1ccccc1NC(=O)CCN(c1cccc2cccnc12)S(C)(=O)=O. The van der Waals surface area contributed by atoms with E-state index in [9.17, 15) is 13.2 Å². The van der Waals surface area contributed by atoms with E-state index in [0.29, 0.717) is 11.2 Å². The zero-order chi connectivity index (χ0) is 20.1. The molecule has 0 aliphatic heterocycles. The number of pyridine rings is 1. The molecule has 0 saturated carbocycles. The maximum atomic E-state index is 12.5. The number of anilines is 2. The van der Waals surface area contributed by atoms with Crippen LogP contribution in [0.25, 0.3) is 10.9 Å². The zero-order valence-corrected chi connectivity index (χ0v) is 16.7. The van der Waals surface area contributed by atoms with Gasteiger partial charge < -0.3 is 5.32 Å². The van der Waals surface area contributed by atoms with Gasteiger partial charge in [0.15, 0.2) is 0 Å². The molecule has 0 aliphatic rings. The Balaban J connectivity index is 1.81. The van der Waals surface area contributed by atoms with Gasteiger partial charge in [0.2, 0.25) is 15.9 Å². The van der Waals surface area contributed by atoms with E-state index in [1.807, 2.05) is 43.3 Å². The number of hydrogen-bond donors (Lipinski definition) is 1. The smallest absolute Gasteiger partial charge is 0.232 e. The summed E-state index contributed by atoms with van der Waals surface area (Å²) in [5, 5.41) is 3.72. The van der Waals surface area contributed by atoms with E-state index < -0.39 is 10.0 Å². The van der Waals surface area contributed by atoms with Crippen molar-refractivity contribution in [3.63, 3.8) is 0 Å². The summed E-state index contributed by atoms with van der Waals surface area (Å²) < 4.78 is 26.1. The second-order valence-corrected chi connectivity index (χ2v) is 8.40. The summed E-state index contributed by atoms with van der Waals surface area (Å²) in [6.07, 6.45) is 3.60. The molecule has 1 heterocycles. The van der Waals surface area contributed by atoms with Crippen LogP contribution in [0.1, 0.15) is 18.9 Å². The van der Waals surface area contributed by atoms with E-state index >= 15 is 0 Å². The molecule has 3 aromatic rings. The Labute approximate surface area is 165 Å². The third-order valence-corrected chi connectivity index (χ3v) is 5.67. The monoisotopic (exact) mass is 397 g/mol. The van der Waals surface area contributed by atoms with Crippen LogP contribution in [0.5, 0.6) is 0 Å². The standard InChI is InChI=1S/C21H23N3O3S/c1-3-16-8-4-5-11-18(16)23-20(25)13-15-24(28(2,26)27)19-12-6-9-17-10-7-14-22-21(17)19/h4-12,14H,3,13,15H2,1-2H3,(H,23,25). The minimum Gasteiger partial charge on any atom is -0.326 e. The Morgan fingerprint density at radius 1 is 1.07 bits per heavy atom. The summed E-state index contributed by atoms with van der Waals surface area (Å²) in [4.78, 5) is 16.8. The number of hydrogen-bond acceptors (Lipinski definition) is 4. The van der Waals surface area contributed by atoms with Crippen molar-refractivity contribution in [2.75, 3.05) is 22.4 Å². The van der Waals surface area contributed by atoms with Crippen LogP contribution in [-0.4, -0.2) is 32.1 Å². The Morgan fingerprint density at radius 2 is 1.82 bits per heavy atom. The molecular weight excluding hydrogens is 374 g/mol. The van der Waals surface area contributed by atoms with E-state index in [0.717, 1.165) is 29.3 Å². The van der Waals surface area contributed by atoms with Crippen molar-refractivity contribution < 1.29 is 13.2 Å². The number of para-hydroxylation sites is 2. The first-order valence-corrected chi connectivity index (χ1v) is 10.9. The predicted octanol–water partition coefficient (Wildman–Crippen LogP) is 3.59. The lowest BCUT2D eigenvalue weighted by Crippen LogP contribution is -2.33. The fourth-order valence-electron chi connectivity index (χ4n) is 3.12. The fourth-order valence-corrected chi connectivity index (χ4v) is 4.05. The van der Waals surface area contributed by atoms with Crippen LogP contribution in [0.15, 0.2) is 60.8 Å². The Bertz CT molecular complexity index is 1090. The molecule has 7 heteroatoms. The van der Waals surface area contributed by atoms with Gasteiger partial charge >= 0.3 is 0 Å². The summed E-state index contributed by atoms with van der Waals surface area (Å²) in [6.45, 7) is 2.05. The Morgan fingerprint density at radius 3 is 2.57 bits per heavy atom. The lowest BCUT2D eigenvalue weighted by molar-refractivity contribution is -0.116. The highest BCUT2D eigenvalue weighted by molar-refractivity contribution is 7.92. The average Bonchev–Trinajstić information content (AvgIpc) is 2.67. The molecule has 1 N–H and O–H groups in total. The van der Waals surface area contributed by atoms with Gasteiger partial charge in [0, 0.05) is 30.2 Å². The molecule has 0 saturated heterocycles. The summed E-state index contributed by atoms with van der Waals surface area (Å²) in [5.41, 5.74) is 2.86. The number of amides is 1. The quantitative estimate of drug-likeness (QED) is 0.661. The van der Waals surface area contributed by atoms with Crippen molar-refractivity contribution >= 4 is 38.2 Å². The molecule has 3 rings (SSSR count). The van der Waals surface area contributed by atoms with Gasteiger partial charge in [0.25, 0.3) is 0 Å². The highest BCUT2D eigenvalue weighted by Crippen LogP contribution is 2.27. The van der Waals surface area contributed by atoms with Crippen molar-refractivity contribution in [2.24, 2.45) is 0 Å². The number of aromatic nitrogens is 1. The van der Waals surface area contributed by atoms with Crippen molar-refractivity contribution in [1.82, 2.24) is 4.98 Å². The van der Waals surface area contributed by atoms with Crippen LogP contribution < -0.4 is 9.62 Å². The van der Waals surface area contributed by atoms with Gasteiger partial charge in [-0.05, 0) is 30.2 Å². The lowest BCUT2D eigenvalue weighted by atomic mass is 10.1. The number of nitrogens with one attached hydrogen (secondary N) is 1. The maximum Gasteiger partial charge on any atom is 0.232 e. The van der Waals surface area contributed by atoms with E-state index in [1.165, 1.54) is 4.31 Å². The van der Waals surface area contributed by atoms with Crippen molar-refractivity contribution in [3.05, 3.63) is 66.4 Å². The molecule has 0 fully saturated rings. The largest absolute Gasteiger partial charge is 0.326 e. The van der Waals surface area contributed by atoms with Gasteiger partial charge in [-0.1, -0.05) is 43.3 Å². The molecule has 1 amide bonds. The van der Waals surface area contributed by atoms with Gasteiger partial charge in [-0.25, -0.2) is 8.42 Å². The van der Waals surface area contributed by atoms with Crippen molar-refractivity contribution in [3.8, 4) is 0 Å². The maximum absolute atomic E-state index is 12.5. The van der Waals surface area contributed by atoms with Gasteiger partial charge in [-0.3, -0.25) is 14.1 Å². The first kappa shape index (κ1) is 19.8. The highest BCUT2D eigenvalue weighted by Gasteiger charge is 2.21. The summed E-state index contributed by atoms with van der Waals surface area (Å²) in [7, 11) is -3.58. The predicted molar refractivity (Wildman–Crippen MR) is 113 cm³/mol. The van der Waals surface area contributed by atoms with E-state index in [-0.39, 0.29) is 18.9 Å². The zero-order valence-electron chi connectivity index (χ0n) is 15.9. The minimum absolute atomic E-state index is 0.0361. The Kier molecular flexibility index (Phi) is 5.94. The van der Waals surface area contributed by atoms with Crippen molar-refractivity contribution in [1.29, 1.82) is 0 Å². The third-order valence-electron chi connectivity index (χ3n) is 4.49. The molecule has 6 nitrogen and oxygen atoms in total. The van der Waals surface area contributed by atoms with Crippen LogP contribution >= 0.6 is 0 Å². The average molecular weight is 398 g/mol. The molecule has 0 radical (unpaired) electrons. The van der Waals surface area contributed by atoms with E-state index in [2.05, 4.69) is 10.3 Å². The molecule has 0 aliphatic carbocycles. The number of fused-ring (bicyclic) bond motifs is 1. The molecule has 0 atom stereocenters. The number of benzene rings is 2. The van der Waals surface area contributed by atoms with Crippen LogP contribution in [-0.2, 0) is 21.2 Å². The second-order valence-electron chi connectivity index (χ2n) is 6.50. The van der Waals surface area contributed by atoms with Crippen molar-refractivity contribution in [2.45, 2.75) is 19.8 Å². The number of rotatable bonds is 7. The topological polar surface area (TPSA) is 79.4 Å². The van der Waals surface area contributed by atoms with Gasteiger partial charge in [0.05, 0.1) is 17.5 Å². The number of sulfonamides is 1.